The first-order valence-electron chi connectivity index (χ1n) is 9.26. The molecule has 3 aliphatic carbocycles. The smallest absolute Gasteiger partial charge is 0.345 e. The van der Waals surface area contributed by atoms with E-state index >= 15 is 0 Å². The molecule has 3 rings (SSSR count). The lowest BCUT2D eigenvalue weighted by Crippen LogP contribution is -2.27. The lowest BCUT2D eigenvalue weighted by Gasteiger charge is -2.21. The average molecular weight is 354 g/mol. The highest BCUT2D eigenvalue weighted by Gasteiger charge is 2.47. The van der Waals surface area contributed by atoms with E-state index < -0.39 is 11.9 Å². The zero-order valence-electron chi connectivity index (χ0n) is 15.7. The molecule has 26 heavy (non-hydrogen) atoms. The van der Waals surface area contributed by atoms with E-state index in [9.17, 15) is 9.59 Å². The van der Waals surface area contributed by atoms with Crippen molar-refractivity contribution < 1.29 is 19.1 Å². The van der Waals surface area contributed by atoms with E-state index in [0.717, 1.165) is 5.57 Å². The zero-order valence-corrected chi connectivity index (χ0v) is 15.7. The van der Waals surface area contributed by atoms with Gasteiger partial charge < -0.3 is 9.47 Å². The fourth-order valence-electron chi connectivity index (χ4n) is 4.03. The Morgan fingerprint density at radius 2 is 1.12 bits per heavy atom. The number of esters is 2. The van der Waals surface area contributed by atoms with Crippen molar-refractivity contribution in [3.63, 3.8) is 0 Å². The number of fused-ring (bicyclic) bond motifs is 3. The molecule has 4 heteroatoms. The van der Waals surface area contributed by atoms with Crippen molar-refractivity contribution >= 4 is 11.9 Å². The molecular weight excluding hydrogens is 328 g/mol. The van der Waals surface area contributed by atoms with E-state index in [1.54, 1.807) is 27.7 Å². The molecule has 4 nitrogen and oxygen atoms in total. The predicted octanol–water partition coefficient (Wildman–Crippen LogP) is 3.92. The second-order valence-corrected chi connectivity index (χ2v) is 7.48. The topological polar surface area (TPSA) is 52.6 Å². The lowest BCUT2D eigenvalue weighted by molar-refractivity contribution is -0.151. The molecule has 0 radical (unpaired) electrons. The summed E-state index contributed by atoms with van der Waals surface area (Å²) in [5, 5.41) is 0. The van der Waals surface area contributed by atoms with Gasteiger partial charge in [-0.2, -0.15) is 0 Å². The minimum Gasteiger partial charge on any atom is -0.459 e. The van der Waals surface area contributed by atoms with Gasteiger partial charge in [0.15, 0.2) is 0 Å². The van der Waals surface area contributed by atoms with Crippen molar-refractivity contribution in [3.05, 3.63) is 59.8 Å². The Labute approximate surface area is 154 Å². The van der Waals surface area contributed by atoms with Crippen molar-refractivity contribution in [2.45, 2.75) is 39.9 Å². The largest absolute Gasteiger partial charge is 0.459 e. The van der Waals surface area contributed by atoms with Gasteiger partial charge in [-0.15, -0.1) is 0 Å². The van der Waals surface area contributed by atoms with Crippen LogP contribution in [0.4, 0.5) is 0 Å². The SMILES string of the molecule is CC(C)OC(=O)C(C(=O)OC(C)C)=C1C2C=CC=CC2C2C=CC=CC12. The highest BCUT2D eigenvalue weighted by Crippen LogP contribution is 2.52. The Kier molecular flexibility index (Phi) is 5.30. The average Bonchev–Trinajstić information content (AvgIpc) is 2.89. The summed E-state index contributed by atoms with van der Waals surface area (Å²) in [6, 6.07) is 0. The molecule has 1 saturated carbocycles. The number of ether oxygens (including phenoxy) is 2. The molecule has 0 aromatic rings. The first-order valence-corrected chi connectivity index (χ1v) is 9.26. The van der Waals surface area contributed by atoms with Crippen LogP contribution < -0.4 is 0 Å². The third-order valence-electron chi connectivity index (χ3n) is 4.90. The summed E-state index contributed by atoms with van der Waals surface area (Å²) in [7, 11) is 0. The van der Waals surface area contributed by atoms with Crippen LogP contribution in [0.3, 0.4) is 0 Å². The minimum atomic E-state index is -0.592. The minimum absolute atomic E-state index is 0.00294. The zero-order chi connectivity index (χ0) is 18.8. The quantitative estimate of drug-likeness (QED) is 0.332. The van der Waals surface area contributed by atoms with Gasteiger partial charge in [0.2, 0.25) is 0 Å². The lowest BCUT2D eigenvalue weighted by atomic mass is 9.83. The first kappa shape index (κ1) is 18.4. The van der Waals surface area contributed by atoms with E-state index in [1.165, 1.54) is 0 Å². The third kappa shape index (κ3) is 3.46. The first-order chi connectivity index (χ1) is 12.4. The molecule has 3 aliphatic rings. The molecule has 0 heterocycles. The normalized spacial score (nSPS) is 28.3. The molecule has 0 spiro atoms. The van der Waals surface area contributed by atoms with Crippen molar-refractivity contribution in [1.82, 2.24) is 0 Å². The highest BCUT2D eigenvalue weighted by atomic mass is 16.6. The fourth-order valence-corrected chi connectivity index (χ4v) is 4.03. The van der Waals surface area contributed by atoms with Crippen LogP contribution in [-0.4, -0.2) is 24.1 Å². The number of allylic oxidation sites excluding steroid dienone is 9. The van der Waals surface area contributed by atoms with Gasteiger partial charge in [-0.3, -0.25) is 0 Å². The summed E-state index contributed by atoms with van der Waals surface area (Å²) in [6.07, 6.45) is 15.9. The molecule has 138 valence electrons. The number of carbonyl (C=O) groups is 2. The Morgan fingerprint density at radius 3 is 1.50 bits per heavy atom. The van der Waals surface area contributed by atoms with Crippen LogP contribution in [0.25, 0.3) is 0 Å². The van der Waals surface area contributed by atoms with Crippen LogP contribution in [0.15, 0.2) is 59.8 Å². The number of hydrogen-bond acceptors (Lipinski definition) is 4. The van der Waals surface area contributed by atoms with Crippen molar-refractivity contribution in [2.75, 3.05) is 0 Å². The molecule has 0 bridgehead atoms. The maximum Gasteiger partial charge on any atom is 0.345 e. The molecule has 0 amide bonds. The van der Waals surface area contributed by atoms with E-state index in [0.29, 0.717) is 0 Å². The third-order valence-corrected chi connectivity index (χ3v) is 4.90. The van der Waals surface area contributed by atoms with Crippen LogP contribution in [0, 0.1) is 23.7 Å². The van der Waals surface area contributed by atoms with Gasteiger partial charge in [-0.25, -0.2) is 9.59 Å². The number of carbonyl (C=O) groups excluding carboxylic acids is 2. The highest BCUT2D eigenvalue weighted by molar-refractivity contribution is 6.15. The summed E-state index contributed by atoms with van der Waals surface area (Å²) in [4.78, 5) is 25.7. The molecular formula is C22H26O4. The maximum absolute atomic E-state index is 12.8. The fraction of sp³-hybridized carbons (Fsp3) is 0.455. The second-order valence-electron chi connectivity index (χ2n) is 7.48. The van der Waals surface area contributed by atoms with Gasteiger partial charge in [-0.1, -0.05) is 48.6 Å². The molecule has 1 fully saturated rings. The van der Waals surface area contributed by atoms with Gasteiger partial charge in [0.1, 0.15) is 5.57 Å². The van der Waals surface area contributed by atoms with Gasteiger partial charge in [-0.05, 0) is 45.1 Å². The summed E-state index contributed by atoms with van der Waals surface area (Å²) in [5.74, 6) is -0.727. The molecule has 0 aliphatic heterocycles. The monoisotopic (exact) mass is 354 g/mol. The summed E-state index contributed by atoms with van der Waals surface area (Å²) < 4.78 is 10.8. The summed E-state index contributed by atoms with van der Waals surface area (Å²) in [6.45, 7) is 7.11. The predicted molar refractivity (Wildman–Crippen MR) is 100 cm³/mol. The molecule has 0 aromatic heterocycles. The Bertz CT molecular complexity index is 673. The van der Waals surface area contributed by atoms with Crippen LogP contribution in [-0.2, 0) is 19.1 Å². The Hall–Kier alpha value is -2.36. The number of hydrogen-bond donors (Lipinski definition) is 0. The van der Waals surface area contributed by atoms with Crippen LogP contribution in [0.2, 0.25) is 0 Å². The maximum atomic E-state index is 12.8. The molecule has 4 atom stereocenters. The van der Waals surface area contributed by atoms with E-state index in [1.807, 2.05) is 24.3 Å². The Morgan fingerprint density at radius 1 is 0.731 bits per heavy atom. The van der Waals surface area contributed by atoms with Crippen LogP contribution in [0.5, 0.6) is 0 Å². The molecule has 4 unspecified atom stereocenters. The van der Waals surface area contributed by atoms with Gasteiger partial charge in [0, 0.05) is 11.8 Å². The van der Waals surface area contributed by atoms with Crippen LogP contribution >= 0.6 is 0 Å². The molecule has 0 saturated heterocycles. The van der Waals surface area contributed by atoms with Gasteiger partial charge >= 0.3 is 11.9 Å². The number of rotatable bonds is 4. The van der Waals surface area contributed by atoms with E-state index in [4.69, 9.17) is 9.47 Å². The summed E-state index contributed by atoms with van der Waals surface area (Å²) >= 11 is 0. The van der Waals surface area contributed by atoms with Crippen LogP contribution in [0.1, 0.15) is 27.7 Å². The second kappa shape index (κ2) is 7.48. The standard InChI is InChI=1S/C22H26O4/c1-13(2)25-21(23)20(22(24)26-14(3)4)19-17-11-7-5-9-15(17)16-10-6-8-12-18(16)19/h5-18H,1-4H3. The van der Waals surface area contributed by atoms with Crippen molar-refractivity contribution in [2.24, 2.45) is 23.7 Å². The van der Waals surface area contributed by atoms with E-state index in [2.05, 4.69) is 24.3 Å². The van der Waals surface area contributed by atoms with Gasteiger partial charge in [0.05, 0.1) is 12.2 Å². The van der Waals surface area contributed by atoms with Gasteiger partial charge in [0.25, 0.3) is 0 Å². The van der Waals surface area contributed by atoms with E-state index in [-0.39, 0.29) is 41.5 Å². The van der Waals surface area contributed by atoms with Crippen molar-refractivity contribution in [1.29, 1.82) is 0 Å². The van der Waals surface area contributed by atoms with Crippen molar-refractivity contribution in [3.8, 4) is 0 Å². The molecule has 0 N–H and O–H groups in total. The molecule has 0 aromatic carbocycles. The summed E-state index contributed by atoms with van der Waals surface area (Å²) in [5.41, 5.74) is 0.882. The Balaban J connectivity index is 2.12.